The first-order valence-electron chi connectivity index (χ1n) is 6.24. The zero-order chi connectivity index (χ0) is 17.2. The Balaban J connectivity index is 2.56. The highest BCUT2D eigenvalue weighted by atomic mass is 127. The van der Waals surface area contributed by atoms with Crippen LogP contribution in [0.3, 0.4) is 0 Å². The third-order valence-electron chi connectivity index (χ3n) is 2.67. The molecule has 1 aromatic carbocycles. The first-order valence-corrected chi connectivity index (χ1v) is 7.32. The Morgan fingerprint density at radius 2 is 1.87 bits per heavy atom. The lowest BCUT2D eigenvalue weighted by atomic mass is 10.1. The van der Waals surface area contributed by atoms with Gasteiger partial charge in [-0.1, -0.05) is 0 Å². The van der Waals surface area contributed by atoms with Crippen molar-refractivity contribution in [1.82, 2.24) is 25.1 Å². The molecule has 0 fully saturated rings. The minimum atomic E-state index is -5.02. The Kier molecular flexibility index (Phi) is 5.02. The number of benzene rings is 1. The first-order chi connectivity index (χ1) is 10.7. The molecule has 10 heteroatoms. The van der Waals surface area contributed by atoms with Gasteiger partial charge in [0.15, 0.2) is 5.82 Å². The average molecular weight is 437 g/mol. The molecule has 0 aliphatic heterocycles. The molecule has 0 amide bonds. The molecule has 1 heterocycles. The van der Waals surface area contributed by atoms with Gasteiger partial charge in [0.1, 0.15) is 0 Å². The van der Waals surface area contributed by atoms with E-state index in [1.165, 1.54) is 19.0 Å². The summed E-state index contributed by atoms with van der Waals surface area (Å²) in [5, 5.41) is 10.7. The number of allylic oxidation sites excluding steroid dienone is 1. The third-order valence-corrected chi connectivity index (χ3v) is 3.39. The summed E-state index contributed by atoms with van der Waals surface area (Å²) in [7, 11) is 3.01. The van der Waals surface area contributed by atoms with Crippen LogP contribution in [0.1, 0.15) is 5.82 Å². The van der Waals surface area contributed by atoms with E-state index in [1.807, 2.05) is 0 Å². The fraction of sp³-hybridized carbons (Fsp3) is 0.231. The van der Waals surface area contributed by atoms with Crippen LogP contribution in [0.15, 0.2) is 30.5 Å². The number of aromatic nitrogens is 4. The molecule has 0 spiro atoms. The van der Waals surface area contributed by atoms with E-state index in [2.05, 4.69) is 38.1 Å². The van der Waals surface area contributed by atoms with E-state index < -0.39 is 17.5 Å². The number of alkyl halides is 3. The molecular formula is C13H11F3IN5O. The zero-order valence-corrected chi connectivity index (χ0v) is 14.2. The van der Waals surface area contributed by atoms with Crippen LogP contribution < -0.4 is 0 Å². The van der Waals surface area contributed by atoms with E-state index in [1.54, 1.807) is 24.3 Å². The predicted octanol–water partition coefficient (Wildman–Crippen LogP) is 2.30. The molecule has 0 saturated heterocycles. The van der Waals surface area contributed by atoms with Crippen molar-refractivity contribution in [2.24, 2.45) is 0 Å². The third kappa shape index (κ3) is 4.06. The van der Waals surface area contributed by atoms with Crippen molar-refractivity contribution >= 4 is 33.9 Å². The van der Waals surface area contributed by atoms with Crippen LogP contribution in [0.25, 0.3) is 11.3 Å². The SMILES string of the molecule is CN(C)/C=C(\C(=O)C(F)(F)F)c1nnnn1-c1ccc(I)cc1. The fourth-order valence-electron chi connectivity index (χ4n) is 1.74. The molecule has 1 aromatic heterocycles. The number of ketones is 1. The van der Waals surface area contributed by atoms with E-state index >= 15 is 0 Å². The Morgan fingerprint density at radius 1 is 1.26 bits per heavy atom. The van der Waals surface area contributed by atoms with E-state index in [4.69, 9.17) is 0 Å². The van der Waals surface area contributed by atoms with Crippen molar-refractivity contribution in [1.29, 1.82) is 0 Å². The second-order valence-electron chi connectivity index (χ2n) is 4.72. The average Bonchev–Trinajstić information content (AvgIpc) is 2.92. The molecule has 0 aliphatic rings. The molecule has 2 aromatic rings. The highest BCUT2D eigenvalue weighted by Crippen LogP contribution is 2.27. The van der Waals surface area contributed by atoms with Crippen molar-refractivity contribution in [3.8, 4) is 5.69 Å². The Hall–Kier alpha value is -1.98. The summed E-state index contributed by atoms with van der Waals surface area (Å²) < 4.78 is 40.6. The smallest absolute Gasteiger partial charge is 0.383 e. The number of halogens is 4. The number of Topliss-reactive ketones (excluding diaryl/α,β-unsaturated/α-hetero) is 1. The largest absolute Gasteiger partial charge is 0.455 e. The van der Waals surface area contributed by atoms with Crippen molar-refractivity contribution in [2.75, 3.05) is 14.1 Å². The van der Waals surface area contributed by atoms with Gasteiger partial charge in [-0.25, -0.2) is 0 Å². The number of rotatable bonds is 4. The molecule has 122 valence electrons. The molecule has 23 heavy (non-hydrogen) atoms. The lowest BCUT2D eigenvalue weighted by molar-refractivity contribution is -0.164. The van der Waals surface area contributed by atoms with E-state index in [0.29, 0.717) is 5.69 Å². The first kappa shape index (κ1) is 17.4. The van der Waals surface area contributed by atoms with Crippen molar-refractivity contribution in [2.45, 2.75) is 6.18 Å². The molecule has 2 rings (SSSR count). The number of carbonyl (C=O) groups excluding carboxylic acids is 1. The minimum Gasteiger partial charge on any atom is -0.383 e. The summed E-state index contributed by atoms with van der Waals surface area (Å²) in [4.78, 5) is 13.0. The van der Waals surface area contributed by atoms with Crippen LogP contribution in [0.5, 0.6) is 0 Å². The fourth-order valence-corrected chi connectivity index (χ4v) is 2.10. The van der Waals surface area contributed by atoms with Gasteiger partial charge in [0.2, 0.25) is 0 Å². The van der Waals surface area contributed by atoms with Crippen molar-refractivity contribution in [3.63, 3.8) is 0 Å². The number of nitrogens with zero attached hydrogens (tertiary/aromatic N) is 5. The number of tetrazole rings is 1. The molecular weight excluding hydrogens is 426 g/mol. The van der Waals surface area contributed by atoms with Crippen LogP contribution in [0.4, 0.5) is 13.2 Å². The summed E-state index contributed by atoms with van der Waals surface area (Å²) in [6.07, 6.45) is -3.98. The van der Waals surface area contributed by atoms with Gasteiger partial charge in [0, 0.05) is 23.9 Å². The summed E-state index contributed by atoms with van der Waals surface area (Å²) >= 11 is 2.09. The van der Waals surface area contributed by atoms with Gasteiger partial charge in [-0.2, -0.15) is 17.9 Å². The Labute approximate surface area is 143 Å². The summed E-state index contributed by atoms with van der Waals surface area (Å²) in [5.74, 6) is -2.28. The van der Waals surface area contributed by atoms with Crippen LogP contribution >= 0.6 is 22.6 Å². The maximum Gasteiger partial charge on any atom is 0.455 e. The summed E-state index contributed by atoms with van der Waals surface area (Å²) in [6, 6.07) is 6.80. The van der Waals surface area contributed by atoms with Crippen LogP contribution in [0, 0.1) is 3.57 Å². The van der Waals surface area contributed by atoms with Gasteiger partial charge in [-0.15, -0.1) is 5.10 Å². The highest BCUT2D eigenvalue weighted by Gasteiger charge is 2.43. The summed E-state index contributed by atoms with van der Waals surface area (Å²) in [5.41, 5.74) is -0.184. The van der Waals surface area contributed by atoms with E-state index in [9.17, 15) is 18.0 Å². The second kappa shape index (κ2) is 6.64. The van der Waals surface area contributed by atoms with Crippen LogP contribution in [0.2, 0.25) is 0 Å². The van der Waals surface area contributed by atoms with Gasteiger partial charge in [-0.05, 0) is 57.3 Å². The minimum absolute atomic E-state index is 0.276. The van der Waals surface area contributed by atoms with Crippen LogP contribution in [-0.2, 0) is 4.79 Å². The topological polar surface area (TPSA) is 63.9 Å². The van der Waals surface area contributed by atoms with Crippen molar-refractivity contribution in [3.05, 3.63) is 39.9 Å². The molecule has 0 N–H and O–H groups in total. The molecule has 6 nitrogen and oxygen atoms in total. The molecule has 0 unspecified atom stereocenters. The quantitative estimate of drug-likeness (QED) is 0.543. The lowest BCUT2D eigenvalue weighted by Crippen LogP contribution is -2.26. The maximum atomic E-state index is 12.8. The normalized spacial score (nSPS) is 12.3. The van der Waals surface area contributed by atoms with Gasteiger partial charge in [-0.3, -0.25) is 4.79 Å². The predicted molar refractivity (Wildman–Crippen MR) is 84.6 cm³/mol. The molecule has 0 radical (unpaired) electrons. The van der Waals surface area contributed by atoms with Crippen molar-refractivity contribution < 1.29 is 18.0 Å². The van der Waals surface area contributed by atoms with Gasteiger partial charge in [0.05, 0.1) is 11.3 Å². The van der Waals surface area contributed by atoms with E-state index in [0.717, 1.165) is 14.5 Å². The second-order valence-corrected chi connectivity index (χ2v) is 5.97. The Bertz CT molecular complexity index is 737. The molecule has 0 bridgehead atoms. The highest BCUT2D eigenvalue weighted by molar-refractivity contribution is 14.1. The maximum absolute atomic E-state index is 12.8. The standard InChI is InChI=1S/C13H11F3IN5O/c1-21(2)7-10(11(23)13(14,15)16)12-18-19-20-22(12)9-5-3-8(17)4-6-9/h3-7H,1-2H3/b10-7+. The van der Waals surface area contributed by atoms with E-state index in [-0.39, 0.29) is 5.82 Å². The molecule has 0 aliphatic carbocycles. The van der Waals surface area contributed by atoms with Crippen LogP contribution in [-0.4, -0.2) is 51.2 Å². The van der Waals surface area contributed by atoms with Gasteiger partial charge < -0.3 is 4.90 Å². The summed E-state index contributed by atoms with van der Waals surface area (Å²) in [6.45, 7) is 0. The van der Waals surface area contributed by atoms with Gasteiger partial charge >= 0.3 is 6.18 Å². The Morgan fingerprint density at radius 3 is 2.39 bits per heavy atom. The van der Waals surface area contributed by atoms with Gasteiger partial charge in [0.25, 0.3) is 5.78 Å². The number of hydrogen-bond donors (Lipinski definition) is 0. The number of hydrogen-bond acceptors (Lipinski definition) is 5. The zero-order valence-electron chi connectivity index (χ0n) is 12.0. The molecule has 0 atom stereocenters. The molecule has 0 saturated carbocycles. The monoisotopic (exact) mass is 437 g/mol. The lowest BCUT2D eigenvalue weighted by Gasteiger charge is -2.13. The number of carbonyl (C=O) groups is 1.